The van der Waals surface area contributed by atoms with Gasteiger partial charge in [0.05, 0.1) is 0 Å². The maximum Gasteiger partial charge on any atom is 0.271 e. The van der Waals surface area contributed by atoms with Crippen LogP contribution in [0.3, 0.4) is 0 Å². The molecule has 1 aromatic heterocycles. The average Bonchev–Trinajstić information content (AvgIpc) is 2.65. The molecule has 0 aliphatic carbocycles. The molecule has 0 amide bonds. The highest BCUT2D eigenvalue weighted by Gasteiger charge is 2.21. The summed E-state index contributed by atoms with van der Waals surface area (Å²) in [5, 5.41) is 16.2. The van der Waals surface area contributed by atoms with Crippen molar-refractivity contribution >= 4 is 17.6 Å². The number of hydrazone groups is 1. The summed E-state index contributed by atoms with van der Waals surface area (Å²) in [5.74, 6) is 0.280. The molecule has 0 bridgehead atoms. The van der Waals surface area contributed by atoms with E-state index in [0.29, 0.717) is 24.8 Å². The van der Waals surface area contributed by atoms with Gasteiger partial charge >= 0.3 is 0 Å². The van der Waals surface area contributed by atoms with Gasteiger partial charge in [-0.25, -0.2) is 15.1 Å². The third kappa shape index (κ3) is 3.04. The van der Waals surface area contributed by atoms with Gasteiger partial charge in [0, 0.05) is 25.8 Å². The fraction of sp³-hybridized carbons (Fsp3) is 0.333. The molecule has 1 aliphatic heterocycles. The lowest BCUT2D eigenvalue weighted by Crippen LogP contribution is -2.30. The van der Waals surface area contributed by atoms with Crippen molar-refractivity contribution in [2.24, 2.45) is 5.10 Å². The fourth-order valence-corrected chi connectivity index (χ4v) is 1.81. The molecule has 7 nitrogen and oxygen atoms in total. The van der Waals surface area contributed by atoms with Crippen LogP contribution in [0.15, 0.2) is 23.4 Å². The van der Waals surface area contributed by atoms with Gasteiger partial charge in [-0.1, -0.05) is 11.6 Å². The highest BCUT2D eigenvalue weighted by Crippen LogP contribution is 2.11. The molecule has 0 aromatic carbocycles. The van der Waals surface area contributed by atoms with Crippen LogP contribution in [0.4, 0.5) is 0 Å². The second kappa shape index (κ2) is 4.96. The van der Waals surface area contributed by atoms with Crippen molar-refractivity contribution in [2.45, 2.75) is 6.54 Å². The Morgan fingerprint density at radius 3 is 3.24 bits per heavy atom. The van der Waals surface area contributed by atoms with E-state index in [9.17, 15) is 10.1 Å². The molecule has 17 heavy (non-hydrogen) atoms. The van der Waals surface area contributed by atoms with Crippen molar-refractivity contribution < 1.29 is 5.03 Å². The number of aromatic nitrogens is 1. The van der Waals surface area contributed by atoms with Gasteiger partial charge in [0.2, 0.25) is 0 Å². The largest absolute Gasteiger partial charge is 0.349 e. The fourth-order valence-electron chi connectivity index (χ4n) is 1.61. The van der Waals surface area contributed by atoms with E-state index in [0.717, 1.165) is 5.56 Å². The van der Waals surface area contributed by atoms with Crippen LogP contribution in [-0.2, 0) is 6.54 Å². The van der Waals surface area contributed by atoms with Crippen molar-refractivity contribution in [3.8, 4) is 0 Å². The standard InChI is InChI=1S/C9H10ClN5O2/c10-8-5-7(1-2-11-8)6-14-4-3-12-9(14)13-15(16)17/h1-2,5H,3-4,6H2,(H,12,13). The Morgan fingerprint density at radius 2 is 2.53 bits per heavy atom. The Labute approximate surface area is 102 Å². The Kier molecular flexibility index (Phi) is 3.38. The van der Waals surface area contributed by atoms with Crippen LogP contribution < -0.4 is 5.32 Å². The molecular formula is C9H10ClN5O2. The molecule has 1 aromatic rings. The molecule has 0 saturated carbocycles. The summed E-state index contributed by atoms with van der Waals surface area (Å²) in [6.07, 6.45) is 1.60. The molecule has 90 valence electrons. The molecule has 8 heteroatoms. The number of pyridine rings is 1. The van der Waals surface area contributed by atoms with Crippen LogP contribution >= 0.6 is 11.6 Å². The molecule has 0 radical (unpaired) electrons. The van der Waals surface area contributed by atoms with Crippen LogP contribution in [0, 0.1) is 10.1 Å². The van der Waals surface area contributed by atoms with Crippen molar-refractivity contribution in [3.63, 3.8) is 0 Å². The summed E-state index contributed by atoms with van der Waals surface area (Å²) in [6, 6.07) is 3.54. The zero-order chi connectivity index (χ0) is 12.3. The van der Waals surface area contributed by atoms with Crippen LogP contribution in [-0.4, -0.2) is 34.0 Å². The predicted molar refractivity (Wildman–Crippen MR) is 62.1 cm³/mol. The lowest BCUT2D eigenvalue weighted by molar-refractivity contribution is -0.485. The van der Waals surface area contributed by atoms with Crippen molar-refractivity contribution in [1.29, 1.82) is 0 Å². The summed E-state index contributed by atoms with van der Waals surface area (Å²) in [6.45, 7) is 1.83. The first-order chi connectivity index (χ1) is 8.15. The molecule has 2 rings (SSSR count). The third-order valence-electron chi connectivity index (χ3n) is 2.31. The maximum absolute atomic E-state index is 10.3. The normalized spacial score (nSPS) is 17.2. The minimum Gasteiger partial charge on any atom is -0.349 e. The first-order valence-corrected chi connectivity index (χ1v) is 5.35. The highest BCUT2D eigenvalue weighted by molar-refractivity contribution is 6.29. The number of rotatable bonds is 3. The molecule has 1 aliphatic rings. The summed E-state index contributed by atoms with van der Waals surface area (Å²) < 4.78 is 0. The van der Waals surface area contributed by atoms with Gasteiger partial charge in [-0.3, -0.25) is 0 Å². The van der Waals surface area contributed by atoms with Crippen molar-refractivity contribution in [1.82, 2.24) is 15.2 Å². The van der Waals surface area contributed by atoms with Crippen LogP contribution in [0.25, 0.3) is 0 Å². The zero-order valence-corrected chi connectivity index (χ0v) is 9.59. The quantitative estimate of drug-likeness (QED) is 0.488. The van der Waals surface area contributed by atoms with Gasteiger partial charge in [0.25, 0.3) is 5.96 Å². The first-order valence-electron chi connectivity index (χ1n) is 4.97. The van der Waals surface area contributed by atoms with Gasteiger partial charge in [0.1, 0.15) is 10.3 Å². The Hall–Kier alpha value is -1.89. The van der Waals surface area contributed by atoms with E-state index in [1.54, 1.807) is 17.2 Å². The summed E-state index contributed by atoms with van der Waals surface area (Å²) in [7, 11) is 0. The van der Waals surface area contributed by atoms with Gasteiger partial charge in [-0.2, -0.15) is 0 Å². The van der Waals surface area contributed by atoms with E-state index < -0.39 is 5.03 Å². The number of nitrogens with zero attached hydrogens (tertiary/aromatic N) is 4. The predicted octanol–water partition coefficient (Wildman–Crippen LogP) is 0.688. The molecule has 0 unspecified atom stereocenters. The van der Waals surface area contributed by atoms with Gasteiger partial charge in [-0.05, 0) is 17.7 Å². The molecule has 0 spiro atoms. The van der Waals surface area contributed by atoms with Gasteiger partial charge in [-0.15, -0.1) is 0 Å². The number of nitro groups is 1. The number of hydrogen-bond acceptors (Lipinski definition) is 3. The lowest BCUT2D eigenvalue weighted by Gasteiger charge is -2.15. The minimum absolute atomic E-state index is 0.280. The van der Waals surface area contributed by atoms with E-state index >= 15 is 0 Å². The second-order valence-corrected chi connectivity index (χ2v) is 3.88. The van der Waals surface area contributed by atoms with E-state index in [1.807, 2.05) is 6.07 Å². The highest BCUT2D eigenvalue weighted by atomic mass is 35.5. The second-order valence-electron chi connectivity index (χ2n) is 3.50. The third-order valence-corrected chi connectivity index (χ3v) is 2.51. The van der Waals surface area contributed by atoms with Crippen LogP contribution in [0.2, 0.25) is 5.15 Å². The number of hydrogen-bond donors (Lipinski definition) is 1. The van der Waals surface area contributed by atoms with Gasteiger partial charge in [0.15, 0.2) is 5.03 Å². The minimum atomic E-state index is -0.708. The summed E-state index contributed by atoms with van der Waals surface area (Å²) in [4.78, 5) is 16.0. The monoisotopic (exact) mass is 255 g/mol. The first kappa shape index (κ1) is 11.6. The number of halogens is 1. The van der Waals surface area contributed by atoms with E-state index in [1.165, 1.54) is 0 Å². The van der Waals surface area contributed by atoms with E-state index in [2.05, 4.69) is 15.4 Å². The Bertz CT molecular complexity index is 464. The molecule has 1 fully saturated rings. The molecular weight excluding hydrogens is 246 g/mol. The van der Waals surface area contributed by atoms with Crippen LogP contribution in [0.1, 0.15) is 5.56 Å². The summed E-state index contributed by atoms with van der Waals surface area (Å²) >= 11 is 5.77. The maximum atomic E-state index is 10.3. The molecule has 1 saturated heterocycles. The average molecular weight is 256 g/mol. The van der Waals surface area contributed by atoms with Crippen molar-refractivity contribution in [2.75, 3.05) is 13.1 Å². The van der Waals surface area contributed by atoms with E-state index in [4.69, 9.17) is 11.6 Å². The molecule has 2 heterocycles. The van der Waals surface area contributed by atoms with Gasteiger partial charge < -0.3 is 10.2 Å². The lowest BCUT2D eigenvalue weighted by atomic mass is 10.2. The molecule has 0 atom stereocenters. The smallest absolute Gasteiger partial charge is 0.271 e. The number of guanidine groups is 1. The van der Waals surface area contributed by atoms with Crippen LogP contribution in [0.5, 0.6) is 0 Å². The van der Waals surface area contributed by atoms with Crippen molar-refractivity contribution in [3.05, 3.63) is 39.2 Å². The summed E-state index contributed by atoms with van der Waals surface area (Å²) in [5.41, 5.74) is 0.935. The Morgan fingerprint density at radius 1 is 1.71 bits per heavy atom. The Balaban J connectivity index is 2.10. The topological polar surface area (TPSA) is 83.7 Å². The SMILES string of the molecule is O=[N+]([O-])/N=C1\NCCN1Cc1ccnc(Cl)c1. The van der Waals surface area contributed by atoms with E-state index in [-0.39, 0.29) is 5.96 Å². The zero-order valence-electron chi connectivity index (χ0n) is 8.84. The molecule has 1 N–H and O–H groups in total. The number of nitrogens with one attached hydrogen (secondary N) is 1.